The lowest BCUT2D eigenvalue weighted by Gasteiger charge is -2.13. The Kier molecular flexibility index (Phi) is 6.49. The van der Waals surface area contributed by atoms with Gasteiger partial charge in [0.2, 0.25) is 5.91 Å². The molecule has 4 aromatic rings. The number of fused-ring (bicyclic) bond motifs is 1. The third-order valence-corrected chi connectivity index (χ3v) is 6.86. The third-order valence-electron chi connectivity index (χ3n) is 5.89. The van der Waals surface area contributed by atoms with Gasteiger partial charge in [0.25, 0.3) is 5.56 Å². The summed E-state index contributed by atoms with van der Waals surface area (Å²) in [6, 6.07) is 19.1. The minimum atomic E-state index is -0.158. The second-order valence-electron chi connectivity index (χ2n) is 8.53. The first-order valence-corrected chi connectivity index (χ1v) is 12.7. The molecule has 2 heterocycles. The van der Waals surface area contributed by atoms with Crippen molar-refractivity contribution < 1.29 is 4.79 Å². The van der Waals surface area contributed by atoms with Crippen LogP contribution in [0, 0.1) is 0 Å². The number of rotatable bonds is 9. The summed E-state index contributed by atoms with van der Waals surface area (Å²) in [6.07, 6.45) is 4.12. The molecule has 1 saturated carbocycles. The van der Waals surface area contributed by atoms with Gasteiger partial charge in [-0.05, 0) is 43.5 Å². The average molecular weight is 474 g/mol. The summed E-state index contributed by atoms with van der Waals surface area (Å²) in [4.78, 5) is 30.7. The summed E-state index contributed by atoms with van der Waals surface area (Å²) in [5.41, 5.74) is 2.51. The van der Waals surface area contributed by atoms with E-state index in [1.807, 2.05) is 54.6 Å². The largest absolute Gasteiger partial charge is 0.310 e. The van der Waals surface area contributed by atoms with Gasteiger partial charge in [0.05, 0.1) is 28.0 Å². The number of aromatic nitrogens is 4. The fraction of sp³-hybridized carbons (Fsp3) is 0.308. The maximum atomic E-state index is 13.1. The molecule has 1 N–H and O–H groups in total. The molecule has 0 unspecified atom stereocenters. The summed E-state index contributed by atoms with van der Waals surface area (Å²) in [5, 5.41) is 8.94. The first-order chi connectivity index (χ1) is 16.6. The van der Waals surface area contributed by atoms with E-state index >= 15 is 0 Å². The van der Waals surface area contributed by atoms with E-state index in [1.54, 1.807) is 15.3 Å². The molecule has 1 aliphatic carbocycles. The van der Waals surface area contributed by atoms with Crippen LogP contribution in [0.2, 0.25) is 0 Å². The summed E-state index contributed by atoms with van der Waals surface area (Å²) in [6.45, 7) is 2.67. The fourth-order valence-electron chi connectivity index (χ4n) is 3.91. The molecule has 2 aromatic carbocycles. The van der Waals surface area contributed by atoms with Gasteiger partial charge < -0.3 is 5.32 Å². The molecule has 2 aromatic heterocycles. The highest BCUT2D eigenvalue weighted by Crippen LogP contribution is 2.40. The van der Waals surface area contributed by atoms with Crippen LogP contribution < -0.4 is 10.9 Å². The van der Waals surface area contributed by atoms with Crippen molar-refractivity contribution >= 4 is 34.4 Å². The van der Waals surface area contributed by atoms with Gasteiger partial charge in [0.15, 0.2) is 5.16 Å². The van der Waals surface area contributed by atoms with E-state index < -0.39 is 0 Å². The van der Waals surface area contributed by atoms with Crippen LogP contribution in [0.3, 0.4) is 0 Å². The lowest BCUT2D eigenvalue weighted by Crippen LogP contribution is -2.24. The Hall–Kier alpha value is -3.39. The van der Waals surface area contributed by atoms with Crippen LogP contribution in [-0.2, 0) is 11.3 Å². The number of nitrogens with one attached hydrogen (secondary N) is 1. The number of carbonyl (C=O) groups is 1. The maximum absolute atomic E-state index is 13.1. The average Bonchev–Trinajstić information content (AvgIpc) is 3.63. The lowest BCUT2D eigenvalue weighted by molar-refractivity contribution is -0.113. The van der Waals surface area contributed by atoms with E-state index in [0.717, 1.165) is 37.1 Å². The van der Waals surface area contributed by atoms with Gasteiger partial charge in [-0.1, -0.05) is 55.4 Å². The zero-order valence-electron chi connectivity index (χ0n) is 19.1. The Morgan fingerprint density at radius 2 is 1.88 bits per heavy atom. The van der Waals surface area contributed by atoms with Crippen LogP contribution in [0.15, 0.2) is 70.6 Å². The molecule has 0 radical (unpaired) electrons. The molecule has 0 aliphatic heterocycles. The zero-order valence-corrected chi connectivity index (χ0v) is 19.9. The highest BCUT2D eigenvalue weighted by molar-refractivity contribution is 7.99. The number of nitrogens with zero attached hydrogens (tertiary/aromatic N) is 4. The Balaban J connectivity index is 1.37. The van der Waals surface area contributed by atoms with Crippen molar-refractivity contribution in [3.63, 3.8) is 0 Å². The predicted octanol–water partition coefficient (Wildman–Crippen LogP) is 4.99. The lowest BCUT2D eigenvalue weighted by atomic mass is 10.2. The summed E-state index contributed by atoms with van der Waals surface area (Å²) in [7, 11) is 0. The number of amides is 1. The first kappa shape index (κ1) is 22.4. The third kappa shape index (κ3) is 4.77. The van der Waals surface area contributed by atoms with Crippen LogP contribution >= 0.6 is 11.8 Å². The van der Waals surface area contributed by atoms with E-state index in [4.69, 9.17) is 10.1 Å². The zero-order chi connectivity index (χ0) is 23.5. The van der Waals surface area contributed by atoms with Crippen molar-refractivity contribution in [2.24, 2.45) is 0 Å². The van der Waals surface area contributed by atoms with Gasteiger partial charge in [-0.25, -0.2) is 9.67 Å². The van der Waals surface area contributed by atoms with Crippen LogP contribution in [0.1, 0.15) is 44.2 Å². The van der Waals surface area contributed by atoms with Gasteiger partial charge in [-0.3, -0.25) is 14.2 Å². The van der Waals surface area contributed by atoms with Crippen LogP contribution in [-0.4, -0.2) is 31.0 Å². The second-order valence-corrected chi connectivity index (χ2v) is 9.48. The number of carbonyl (C=O) groups excluding carboxylic acids is 1. The van der Waals surface area contributed by atoms with E-state index in [1.165, 1.54) is 11.8 Å². The summed E-state index contributed by atoms with van der Waals surface area (Å²) >= 11 is 1.29. The highest BCUT2D eigenvalue weighted by Gasteiger charge is 2.28. The fourth-order valence-corrected chi connectivity index (χ4v) is 4.74. The van der Waals surface area contributed by atoms with Crippen molar-refractivity contribution in [2.75, 3.05) is 11.1 Å². The molecule has 8 heteroatoms. The predicted molar refractivity (Wildman–Crippen MR) is 136 cm³/mol. The molecule has 1 aliphatic rings. The summed E-state index contributed by atoms with van der Waals surface area (Å²) in [5.74, 6) is 1.13. The van der Waals surface area contributed by atoms with E-state index in [2.05, 4.69) is 12.2 Å². The van der Waals surface area contributed by atoms with Gasteiger partial charge in [-0.15, -0.1) is 0 Å². The number of anilines is 1. The standard InChI is InChI=1S/C26H27N5O2S/c1-2-3-15-30-25(33)20-11-7-8-12-21(20)27-26(30)34-17-24(32)28-23-16-22(18-13-14-18)29-31(23)19-9-5-4-6-10-19/h4-12,16,18H,2-3,13-15,17H2,1H3,(H,28,32). The minimum absolute atomic E-state index is 0.0572. The monoisotopic (exact) mass is 473 g/mol. The molecule has 0 atom stereocenters. The van der Waals surface area contributed by atoms with Gasteiger partial charge in [0, 0.05) is 18.5 Å². The van der Waals surface area contributed by atoms with Crippen molar-refractivity contribution in [3.05, 3.63) is 76.7 Å². The minimum Gasteiger partial charge on any atom is -0.310 e. The number of benzene rings is 2. The van der Waals surface area contributed by atoms with Gasteiger partial charge in [0.1, 0.15) is 5.82 Å². The van der Waals surface area contributed by atoms with Crippen molar-refractivity contribution in [1.82, 2.24) is 19.3 Å². The topological polar surface area (TPSA) is 81.8 Å². The molecule has 7 nitrogen and oxygen atoms in total. The smallest absolute Gasteiger partial charge is 0.262 e. The molecule has 0 saturated heterocycles. The Bertz CT molecular complexity index is 1380. The molecular formula is C26H27N5O2S. The van der Waals surface area contributed by atoms with Crippen molar-refractivity contribution in [1.29, 1.82) is 0 Å². The molecule has 0 bridgehead atoms. The van der Waals surface area contributed by atoms with Crippen molar-refractivity contribution in [3.8, 4) is 5.69 Å². The van der Waals surface area contributed by atoms with E-state index in [9.17, 15) is 9.59 Å². The Morgan fingerprint density at radius 3 is 2.65 bits per heavy atom. The molecular weight excluding hydrogens is 446 g/mol. The maximum Gasteiger partial charge on any atom is 0.262 e. The second kappa shape index (κ2) is 9.85. The molecule has 1 fully saturated rings. The van der Waals surface area contributed by atoms with Crippen LogP contribution in [0.25, 0.3) is 16.6 Å². The molecule has 34 heavy (non-hydrogen) atoms. The Labute approximate surface area is 202 Å². The molecule has 5 rings (SSSR count). The number of hydrogen-bond donors (Lipinski definition) is 1. The number of para-hydroxylation sites is 2. The number of unbranched alkanes of at least 4 members (excludes halogenated alkanes) is 1. The number of thioether (sulfide) groups is 1. The Morgan fingerprint density at radius 1 is 1.12 bits per heavy atom. The van der Waals surface area contributed by atoms with Crippen molar-refractivity contribution in [2.45, 2.75) is 50.2 Å². The first-order valence-electron chi connectivity index (χ1n) is 11.7. The van der Waals surface area contributed by atoms with E-state index in [-0.39, 0.29) is 17.2 Å². The SMILES string of the molecule is CCCCn1c(SCC(=O)Nc2cc(C3CC3)nn2-c2ccccc2)nc2ccccc2c1=O. The molecule has 0 spiro atoms. The number of hydrogen-bond acceptors (Lipinski definition) is 5. The van der Waals surface area contributed by atoms with Gasteiger partial charge in [-0.2, -0.15) is 5.10 Å². The molecule has 174 valence electrons. The normalized spacial score (nSPS) is 13.3. The van der Waals surface area contributed by atoms with Crippen LogP contribution in [0.5, 0.6) is 0 Å². The quantitative estimate of drug-likeness (QED) is 0.274. The van der Waals surface area contributed by atoms with Gasteiger partial charge >= 0.3 is 0 Å². The summed E-state index contributed by atoms with van der Waals surface area (Å²) < 4.78 is 3.49. The van der Waals surface area contributed by atoms with Crippen LogP contribution in [0.4, 0.5) is 5.82 Å². The highest BCUT2D eigenvalue weighted by atomic mass is 32.2. The molecule has 1 amide bonds. The van der Waals surface area contributed by atoms with E-state index in [0.29, 0.717) is 34.3 Å².